The zero-order valence-electron chi connectivity index (χ0n) is 8.92. The van der Waals surface area contributed by atoms with E-state index in [2.05, 4.69) is 15.5 Å². The number of nitrogens with zero attached hydrogens (tertiary/aromatic N) is 2. The molecule has 0 radical (unpaired) electrons. The summed E-state index contributed by atoms with van der Waals surface area (Å²) in [5, 5.41) is 25.6. The molecule has 3 N–H and O–H groups in total. The Morgan fingerprint density at radius 2 is 2.06 bits per heavy atom. The second kappa shape index (κ2) is 3.74. The summed E-state index contributed by atoms with van der Waals surface area (Å²) in [6, 6.07) is 4.43. The van der Waals surface area contributed by atoms with Crippen LogP contribution >= 0.6 is 0 Å². The Morgan fingerprint density at radius 1 is 1.24 bits per heavy atom. The molecular formula is C11H11N3O3. The monoisotopic (exact) mass is 233 g/mol. The lowest BCUT2D eigenvalue weighted by molar-refractivity contribution is 0.308. The molecule has 0 amide bonds. The number of nitrogens with one attached hydrogen (secondary N) is 1. The van der Waals surface area contributed by atoms with E-state index in [1.54, 1.807) is 6.07 Å². The van der Waals surface area contributed by atoms with Gasteiger partial charge in [-0.1, -0.05) is 5.16 Å². The third-order valence-electron chi connectivity index (χ3n) is 2.81. The van der Waals surface area contributed by atoms with Crippen LogP contribution in [0.15, 0.2) is 22.7 Å². The fraction of sp³-hybridized carbons (Fsp3) is 0.273. The molecule has 0 saturated carbocycles. The molecule has 1 aliphatic heterocycles. The van der Waals surface area contributed by atoms with Crippen molar-refractivity contribution in [1.82, 2.24) is 15.5 Å². The second-order valence-corrected chi connectivity index (χ2v) is 4.01. The Labute approximate surface area is 96.9 Å². The van der Waals surface area contributed by atoms with Gasteiger partial charge in [0.1, 0.15) is 0 Å². The van der Waals surface area contributed by atoms with E-state index in [4.69, 9.17) is 4.52 Å². The van der Waals surface area contributed by atoms with Crippen molar-refractivity contribution in [3.05, 3.63) is 24.1 Å². The molecule has 0 aliphatic carbocycles. The van der Waals surface area contributed by atoms with E-state index in [0.29, 0.717) is 17.3 Å². The van der Waals surface area contributed by atoms with Crippen LogP contribution in [-0.4, -0.2) is 33.4 Å². The van der Waals surface area contributed by atoms with Crippen molar-refractivity contribution < 1.29 is 14.7 Å². The van der Waals surface area contributed by atoms with E-state index in [0.717, 1.165) is 13.1 Å². The predicted molar refractivity (Wildman–Crippen MR) is 58.7 cm³/mol. The van der Waals surface area contributed by atoms with Crippen molar-refractivity contribution in [2.24, 2.45) is 0 Å². The molecule has 0 bridgehead atoms. The Balaban J connectivity index is 1.92. The van der Waals surface area contributed by atoms with Gasteiger partial charge in [0.15, 0.2) is 11.5 Å². The third kappa shape index (κ3) is 1.72. The van der Waals surface area contributed by atoms with Gasteiger partial charge in [0.05, 0.1) is 5.92 Å². The van der Waals surface area contributed by atoms with Gasteiger partial charge in [0.2, 0.25) is 11.7 Å². The first-order chi connectivity index (χ1) is 8.24. The SMILES string of the molecule is Oc1ccc(-c2noc(C3CNC3)n2)cc1O. The molecule has 1 aromatic heterocycles. The van der Waals surface area contributed by atoms with Crippen molar-refractivity contribution in [3.8, 4) is 22.9 Å². The van der Waals surface area contributed by atoms with Gasteiger partial charge in [-0.2, -0.15) is 4.98 Å². The maximum atomic E-state index is 9.39. The highest BCUT2D eigenvalue weighted by Gasteiger charge is 2.25. The predicted octanol–water partition coefficient (Wildman–Crippen LogP) is 0.835. The third-order valence-corrected chi connectivity index (χ3v) is 2.81. The highest BCUT2D eigenvalue weighted by atomic mass is 16.5. The summed E-state index contributed by atoms with van der Waals surface area (Å²) in [6.07, 6.45) is 0. The quantitative estimate of drug-likeness (QED) is 0.665. The minimum absolute atomic E-state index is 0.166. The van der Waals surface area contributed by atoms with Gasteiger partial charge < -0.3 is 20.1 Å². The average Bonchev–Trinajstić information content (AvgIpc) is 2.69. The number of hydrogen-bond donors (Lipinski definition) is 3. The van der Waals surface area contributed by atoms with Crippen LogP contribution in [0.25, 0.3) is 11.4 Å². The molecule has 2 aromatic rings. The second-order valence-electron chi connectivity index (χ2n) is 4.01. The van der Waals surface area contributed by atoms with Crippen LogP contribution in [0.1, 0.15) is 11.8 Å². The van der Waals surface area contributed by atoms with Gasteiger partial charge in [0.25, 0.3) is 0 Å². The summed E-state index contributed by atoms with van der Waals surface area (Å²) in [5.74, 6) is 0.940. The Bertz CT molecular complexity index is 549. The summed E-state index contributed by atoms with van der Waals surface area (Å²) in [7, 11) is 0. The molecule has 3 rings (SSSR count). The van der Waals surface area contributed by atoms with Crippen molar-refractivity contribution in [1.29, 1.82) is 0 Å². The molecule has 1 aliphatic rings. The highest BCUT2D eigenvalue weighted by molar-refractivity contribution is 5.59. The summed E-state index contributed by atoms with van der Waals surface area (Å²) < 4.78 is 5.15. The van der Waals surface area contributed by atoms with E-state index in [1.165, 1.54) is 12.1 Å². The fourth-order valence-electron chi connectivity index (χ4n) is 1.64. The van der Waals surface area contributed by atoms with Crippen LogP contribution in [-0.2, 0) is 0 Å². The maximum Gasteiger partial charge on any atom is 0.232 e. The van der Waals surface area contributed by atoms with Crippen molar-refractivity contribution in [3.63, 3.8) is 0 Å². The molecule has 17 heavy (non-hydrogen) atoms. The molecule has 1 aromatic carbocycles. The van der Waals surface area contributed by atoms with Crippen LogP contribution in [0, 0.1) is 0 Å². The van der Waals surface area contributed by atoms with Crippen molar-refractivity contribution in [2.45, 2.75) is 5.92 Å². The van der Waals surface area contributed by atoms with E-state index in [1.807, 2.05) is 0 Å². The molecule has 0 unspecified atom stereocenters. The minimum Gasteiger partial charge on any atom is -0.504 e. The van der Waals surface area contributed by atoms with Gasteiger partial charge in [0, 0.05) is 18.7 Å². The number of aromatic hydroxyl groups is 2. The first kappa shape index (κ1) is 10.1. The normalized spacial score (nSPS) is 15.8. The van der Waals surface area contributed by atoms with E-state index in [-0.39, 0.29) is 17.4 Å². The standard InChI is InChI=1S/C11H11N3O3/c15-8-2-1-6(3-9(8)16)10-13-11(17-14-10)7-4-12-5-7/h1-3,7,12,15-16H,4-5H2. The van der Waals surface area contributed by atoms with Gasteiger partial charge in [-0.25, -0.2) is 0 Å². The number of hydrogen-bond acceptors (Lipinski definition) is 6. The molecular weight excluding hydrogens is 222 g/mol. The molecule has 0 spiro atoms. The lowest BCUT2D eigenvalue weighted by Crippen LogP contribution is -2.40. The zero-order chi connectivity index (χ0) is 11.8. The van der Waals surface area contributed by atoms with Crippen molar-refractivity contribution in [2.75, 3.05) is 13.1 Å². The minimum atomic E-state index is -0.195. The van der Waals surface area contributed by atoms with E-state index < -0.39 is 0 Å². The van der Waals surface area contributed by atoms with Gasteiger partial charge in [-0.05, 0) is 18.2 Å². The molecule has 2 heterocycles. The zero-order valence-corrected chi connectivity index (χ0v) is 8.92. The molecule has 1 saturated heterocycles. The van der Waals surface area contributed by atoms with Crippen LogP contribution in [0.2, 0.25) is 0 Å². The summed E-state index contributed by atoms with van der Waals surface area (Å²) in [5.41, 5.74) is 0.614. The largest absolute Gasteiger partial charge is 0.504 e. The van der Waals surface area contributed by atoms with Crippen LogP contribution in [0.4, 0.5) is 0 Å². The number of aromatic nitrogens is 2. The highest BCUT2D eigenvalue weighted by Crippen LogP contribution is 2.30. The maximum absolute atomic E-state index is 9.39. The van der Waals surface area contributed by atoms with Gasteiger partial charge >= 0.3 is 0 Å². The Morgan fingerprint density at radius 3 is 2.71 bits per heavy atom. The fourth-order valence-corrected chi connectivity index (χ4v) is 1.64. The molecule has 1 fully saturated rings. The number of phenolic OH excluding ortho intramolecular Hbond substituents is 2. The molecule has 0 atom stereocenters. The first-order valence-corrected chi connectivity index (χ1v) is 5.31. The van der Waals surface area contributed by atoms with E-state index in [9.17, 15) is 10.2 Å². The molecule has 6 nitrogen and oxygen atoms in total. The smallest absolute Gasteiger partial charge is 0.232 e. The van der Waals surface area contributed by atoms with Crippen LogP contribution in [0.5, 0.6) is 11.5 Å². The van der Waals surface area contributed by atoms with Gasteiger partial charge in [-0.3, -0.25) is 0 Å². The molecule has 6 heteroatoms. The lowest BCUT2D eigenvalue weighted by Gasteiger charge is -2.22. The molecule has 88 valence electrons. The number of benzene rings is 1. The van der Waals surface area contributed by atoms with Crippen LogP contribution < -0.4 is 5.32 Å². The van der Waals surface area contributed by atoms with Gasteiger partial charge in [-0.15, -0.1) is 0 Å². The summed E-state index contributed by atoms with van der Waals surface area (Å²) >= 11 is 0. The lowest BCUT2D eigenvalue weighted by atomic mass is 10.0. The Kier molecular flexibility index (Phi) is 2.22. The number of phenols is 2. The van der Waals surface area contributed by atoms with E-state index >= 15 is 0 Å². The number of rotatable bonds is 2. The summed E-state index contributed by atoms with van der Waals surface area (Å²) in [4.78, 5) is 4.26. The average molecular weight is 233 g/mol. The Hall–Kier alpha value is -2.08. The van der Waals surface area contributed by atoms with Crippen molar-refractivity contribution >= 4 is 0 Å². The first-order valence-electron chi connectivity index (χ1n) is 5.31. The summed E-state index contributed by atoms with van der Waals surface area (Å²) in [6.45, 7) is 1.70. The topological polar surface area (TPSA) is 91.4 Å². The van der Waals surface area contributed by atoms with Crippen LogP contribution in [0.3, 0.4) is 0 Å².